The lowest BCUT2D eigenvalue weighted by Gasteiger charge is -2.29. The van der Waals surface area contributed by atoms with Crippen LogP contribution in [0.1, 0.15) is 50.3 Å². The normalized spacial score (nSPS) is 24.2. The number of nitrogens with one attached hydrogen (secondary N) is 1. The van der Waals surface area contributed by atoms with E-state index in [0.717, 1.165) is 26.2 Å². The first kappa shape index (κ1) is 13.7. The molecule has 2 fully saturated rings. The van der Waals surface area contributed by atoms with E-state index in [2.05, 4.69) is 26.9 Å². The number of nitrogens with zero attached hydrogens (tertiary/aromatic N) is 2. The highest BCUT2D eigenvalue weighted by Gasteiger charge is 2.27. The van der Waals surface area contributed by atoms with Crippen molar-refractivity contribution in [1.29, 1.82) is 0 Å². The van der Waals surface area contributed by atoms with Crippen molar-refractivity contribution in [1.82, 2.24) is 14.8 Å². The minimum absolute atomic E-state index is 0.349. The van der Waals surface area contributed by atoms with Crippen LogP contribution in [0.5, 0.6) is 0 Å². The Balaban J connectivity index is 1.51. The molecule has 0 aliphatic carbocycles. The van der Waals surface area contributed by atoms with E-state index in [1.54, 1.807) is 0 Å². The monoisotopic (exact) mass is 275 g/mol. The Kier molecular flexibility index (Phi) is 4.41. The third-order valence-electron chi connectivity index (χ3n) is 4.67. The number of rotatable bonds is 4. The molecule has 0 radical (unpaired) electrons. The molecule has 3 rings (SSSR count). The minimum Gasteiger partial charge on any atom is -0.364 e. The summed E-state index contributed by atoms with van der Waals surface area (Å²) >= 11 is 0. The van der Waals surface area contributed by atoms with Crippen molar-refractivity contribution in [3.05, 3.63) is 24.0 Å². The van der Waals surface area contributed by atoms with Gasteiger partial charge in [0.05, 0.1) is 0 Å². The third-order valence-corrected chi connectivity index (χ3v) is 4.67. The molecule has 1 N–H and O–H groups in total. The summed E-state index contributed by atoms with van der Waals surface area (Å²) in [5.41, 5.74) is 1.30. The van der Waals surface area contributed by atoms with E-state index < -0.39 is 0 Å². The van der Waals surface area contributed by atoms with Crippen molar-refractivity contribution in [2.24, 2.45) is 0 Å². The van der Waals surface area contributed by atoms with Crippen molar-refractivity contribution < 1.29 is 4.79 Å². The van der Waals surface area contributed by atoms with Crippen molar-refractivity contribution >= 4 is 5.91 Å². The Morgan fingerprint density at radius 3 is 2.80 bits per heavy atom. The van der Waals surface area contributed by atoms with Crippen LogP contribution < -0.4 is 0 Å². The minimum atomic E-state index is 0.349. The quantitative estimate of drug-likeness (QED) is 0.917. The first-order chi connectivity index (χ1) is 9.84. The zero-order valence-corrected chi connectivity index (χ0v) is 12.2. The molecule has 4 nitrogen and oxygen atoms in total. The molecular weight excluding hydrogens is 250 g/mol. The van der Waals surface area contributed by atoms with E-state index in [1.165, 1.54) is 37.8 Å². The number of hydrogen-bond acceptors (Lipinski definition) is 2. The number of carbonyl (C=O) groups is 1. The maximum atomic E-state index is 12.2. The Morgan fingerprint density at radius 1 is 1.20 bits per heavy atom. The SMILES string of the molecule is O=C(CCN1CCCC1c1ccc[nH]1)N1CCCCC1. The van der Waals surface area contributed by atoms with Gasteiger partial charge in [0.2, 0.25) is 5.91 Å². The zero-order valence-electron chi connectivity index (χ0n) is 12.2. The fraction of sp³-hybridized carbons (Fsp3) is 0.688. The van der Waals surface area contributed by atoms with E-state index >= 15 is 0 Å². The Labute approximate surface area is 121 Å². The fourth-order valence-electron chi connectivity index (χ4n) is 3.54. The molecule has 2 aliphatic rings. The van der Waals surface area contributed by atoms with Gasteiger partial charge < -0.3 is 9.88 Å². The van der Waals surface area contributed by atoms with Gasteiger partial charge in [0.1, 0.15) is 0 Å². The average molecular weight is 275 g/mol. The lowest BCUT2D eigenvalue weighted by molar-refractivity contribution is -0.132. The number of piperidine rings is 1. The molecule has 0 aromatic carbocycles. The highest BCUT2D eigenvalue weighted by Crippen LogP contribution is 2.30. The summed E-state index contributed by atoms with van der Waals surface area (Å²) in [5, 5.41) is 0. The lowest BCUT2D eigenvalue weighted by atomic mass is 10.1. The Bertz CT molecular complexity index is 423. The molecule has 0 bridgehead atoms. The molecule has 1 atom stereocenters. The third kappa shape index (κ3) is 3.06. The van der Waals surface area contributed by atoms with Gasteiger partial charge in [0, 0.05) is 44.0 Å². The molecule has 1 amide bonds. The average Bonchev–Trinajstić information content (AvgIpc) is 3.16. The molecule has 0 saturated carbocycles. The van der Waals surface area contributed by atoms with Crippen LogP contribution in [0.2, 0.25) is 0 Å². The first-order valence-electron chi connectivity index (χ1n) is 8.00. The zero-order chi connectivity index (χ0) is 13.8. The summed E-state index contributed by atoms with van der Waals surface area (Å²) in [6.45, 7) is 3.97. The highest BCUT2D eigenvalue weighted by atomic mass is 16.2. The molecule has 2 aliphatic heterocycles. The Hall–Kier alpha value is -1.29. The van der Waals surface area contributed by atoms with Crippen LogP contribution in [0.15, 0.2) is 18.3 Å². The predicted octanol–water partition coefficient (Wildman–Crippen LogP) is 2.55. The van der Waals surface area contributed by atoms with Crippen LogP contribution in [0, 0.1) is 0 Å². The largest absolute Gasteiger partial charge is 0.364 e. The predicted molar refractivity (Wildman–Crippen MR) is 79.4 cm³/mol. The molecule has 0 spiro atoms. The molecular formula is C16H25N3O. The van der Waals surface area contributed by atoms with Crippen molar-refractivity contribution in [3.8, 4) is 0 Å². The van der Waals surface area contributed by atoms with Crippen molar-refractivity contribution in [2.75, 3.05) is 26.2 Å². The van der Waals surface area contributed by atoms with Gasteiger partial charge in [-0.15, -0.1) is 0 Å². The van der Waals surface area contributed by atoms with Gasteiger partial charge in [-0.2, -0.15) is 0 Å². The standard InChI is InChI=1S/C16H25N3O/c20-16(19-10-2-1-3-11-19)8-13-18-12-5-7-15(18)14-6-4-9-17-14/h4,6,9,15,17H,1-3,5,7-8,10-13H2. The van der Waals surface area contributed by atoms with Gasteiger partial charge in [-0.1, -0.05) is 0 Å². The van der Waals surface area contributed by atoms with E-state index in [0.29, 0.717) is 18.4 Å². The summed E-state index contributed by atoms with van der Waals surface area (Å²) in [4.78, 5) is 20.1. The lowest BCUT2D eigenvalue weighted by Crippen LogP contribution is -2.37. The maximum absolute atomic E-state index is 12.2. The summed E-state index contributed by atoms with van der Waals surface area (Å²) < 4.78 is 0. The number of amides is 1. The molecule has 4 heteroatoms. The van der Waals surface area contributed by atoms with Crippen LogP contribution in [-0.2, 0) is 4.79 Å². The van der Waals surface area contributed by atoms with Crippen molar-refractivity contribution in [2.45, 2.75) is 44.6 Å². The topological polar surface area (TPSA) is 39.3 Å². The van der Waals surface area contributed by atoms with Crippen LogP contribution >= 0.6 is 0 Å². The number of aromatic amines is 1. The van der Waals surface area contributed by atoms with E-state index in [-0.39, 0.29) is 0 Å². The summed E-state index contributed by atoms with van der Waals surface area (Å²) in [7, 11) is 0. The Morgan fingerprint density at radius 2 is 2.05 bits per heavy atom. The molecule has 110 valence electrons. The van der Waals surface area contributed by atoms with Gasteiger partial charge in [0.15, 0.2) is 0 Å². The molecule has 1 aromatic heterocycles. The summed E-state index contributed by atoms with van der Waals surface area (Å²) in [6.07, 6.45) is 8.76. The number of likely N-dealkylation sites (tertiary alicyclic amines) is 2. The van der Waals surface area contributed by atoms with Crippen LogP contribution in [0.3, 0.4) is 0 Å². The van der Waals surface area contributed by atoms with Crippen molar-refractivity contribution in [3.63, 3.8) is 0 Å². The van der Waals surface area contributed by atoms with Gasteiger partial charge in [-0.05, 0) is 50.8 Å². The second-order valence-electron chi connectivity index (χ2n) is 6.01. The first-order valence-corrected chi connectivity index (χ1v) is 8.00. The van der Waals surface area contributed by atoms with Crippen LogP contribution in [0.25, 0.3) is 0 Å². The molecule has 1 aromatic rings. The highest BCUT2D eigenvalue weighted by molar-refractivity contribution is 5.76. The second kappa shape index (κ2) is 6.44. The van der Waals surface area contributed by atoms with Crippen LogP contribution in [-0.4, -0.2) is 46.9 Å². The molecule has 20 heavy (non-hydrogen) atoms. The molecule has 1 unspecified atom stereocenters. The smallest absolute Gasteiger partial charge is 0.223 e. The van der Waals surface area contributed by atoms with Gasteiger partial charge in [-0.25, -0.2) is 0 Å². The number of aromatic nitrogens is 1. The van der Waals surface area contributed by atoms with E-state index in [9.17, 15) is 4.79 Å². The maximum Gasteiger partial charge on any atom is 0.223 e. The number of H-pyrrole nitrogens is 1. The fourth-order valence-corrected chi connectivity index (χ4v) is 3.54. The molecule has 3 heterocycles. The van der Waals surface area contributed by atoms with E-state index in [4.69, 9.17) is 0 Å². The molecule has 2 saturated heterocycles. The second-order valence-corrected chi connectivity index (χ2v) is 6.01. The summed E-state index contributed by atoms with van der Waals surface area (Å²) in [5.74, 6) is 0.349. The van der Waals surface area contributed by atoms with Gasteiger partial charge in [-0.3, -0.25) is 9.69 Å². The summed E-state index contributed by atoms with van der Waals surface area (Å²) in [6, 6.07) is 4.71. The number of carbonyl (C=O) groups excluding carboxylic acids is 1. The van der Waals surface area contributed by atoms with E-state index in [1.807, 2.05) is 6.20 Å². The van der Waals surface area contributed by atoms with Gasteiger partial charge >= 0.3 is 0 Å². The number of hydrogen-bond donors (Lipinski definition) is 1. The van der Waals surface area contributed by atoms with Crippen LogP contribution in [0.4, 0.5) is 0 Å². The van der Waals surface area contributed by atoms with Gasteiger partial charge in [0.25, 0.3) is 0 Å².